The van der Waals surface area contributed by atoms with Gasteiger partial charge in [-0.25, -0.2) is 24.5 Å². The van der Waals surface area contributed by atoms with Crippen LogP contribution in [0.5, 0.6) is 0 Å². The highest BCUT2D eigenvalue weighted by Crippen LogP contribution is 2.40. The number of aromatic nitrogens is 5. The molecule has 16 heteroatoms. The van der Waals surface area contributed by atoms with Gasteiger partial charge in [-0.1, -0.05) is 64.1 Å². The molecule has 2 aliphatic heterocycles. The Morgan fingerprint density at radius 2 is 1.21 bits per heavy atom. The summed E-state index contributed by atoms with van der Waals surface area (Å²) in [5.41, 5.74) is 6.54. The lowest BCUT2D eigenvalue weighted by Gasteiger charge is -2.30. The number of aryl methyl sites for hydroxylation is 1. The van der Waals surface area contributed by atoms with E-state index >= 15 is 0 Å². The molecular formula is C42H51N9O6S. The number of methoxy groups -OCH3 is 2. The van der Waals surface area contributed by atoms with Crippen molar-refractivity contribution >= 4 is 45.6 Å². The molecule has 3 aromatic heterocycles. The number of carbonyl (C=O) groups is 4. The third kappa shape index (κ3) is 8.02. The highest BCUT2D eigenvalue weighted by molar-refractivity contribution is 7.19. The number of thiazole rings is 1. The van der Waals surface area contributed by atoms with E-state index in [1.54, 1.807) is 22.4 Å². The number of fused-ring (bicyclic) bond motifs is 1. The number of imidazole rings is 2. The van der Waals surface area contributed by atoms with Crippen LogP contribution >= 0.6 is 11.3 Å². The van der Waals surface area contributed by atoms with Gasteiger partial charge in [-0.05, 0) is 55.6 Å². The number of hydrogen-bond acceptors (Lipinski definition) is 10. The highest BCUT2D eigenvalue weighted by Gasteiger charge is 2.39. The maximum absolute atomic E-state index is 13.7. The summed E-state index contributed by atoms with van der Waals surface area (Å²) < 4.78 is 10.6. The Labute approximate surface area is 341 Å². The van der Waals surface area contributed by atoms with Crippen LogP contribution in [0.3, 0.4) is 0 Å². The maximum Gasteiger partial charge on any atom is 0.407 e. The molecule has 2 aromatic carbocycles. The summed E-state index contributed by atoms with van der Waals surface area (Å²) in [6, 6.07) is 10.6. The topological polar surface area (TPSA) is 188 Å². The Balaban J connectivity index is 1.09. The number of alkyl carbamates (subject to hydrolysis) is 2. The quantitative estimate of drug-likeness (QED) is 0.108. The molecule has 2 saturated heterocycles. The van der Waals surface area contributed by atoms with Crippen molar-refractivity contribution in [1.29, 1.82) is 0 Å². The van der Waals surface area contributed by atoms with Gasteiger partial charge in [-0.15, -0.1) is 11.3 Å². The van der Waals surface area contributed by atoms with Crippen LogP contribution in [-0.2, 0) is 19.1 Å². The molecule has 7 rings (SSSR count). The number of nitrogens with one attached hydrogen (secondary N) is 4. The van der Waals surface area contributed by atoms with Gasteiger partial charge in [0.2, 0.25) is 11.8 Å². The maximum atomic E-state index is 13.7. The van der Waals surface area contributed by atoms with Crippen LogP contribution in [0.25, 0.3) is 43.9 Å². The smallest absolute Gasteiger partial charge is 0.407 e. The van der Waals surface area contributed by atoms with Gasteiger partial charge in [0.25, 0.3) is 0 Å². The minimum absolute atomic E-state index is 0.114. The SMILES string of the molecule is COC(=O)N[C@H](C(=O)N1CCC[C@H]1c1ncc(-c2ccc(-c3ccc(-c4cnc([C@@H]5CCCN5C(=O)[C@@H](NC(=O)OC)C(C)C)[nH]4)c4sc(C)nc34)cc2)[nH]1)C(C)C. The van der Waals surface area contributed by atoms with Gasteiger partial charge in [-0.2, -0.15) is 0 Å². The van der Waals surface area contributed by atoms with Crippen LogP contribution in [0.4, 0.5) is 9.59 Å². The second kappa shape index (κ2) is 17.0. The van der Waals surface area contributed by atoms with Crippen molar-refractivity contribution < 1.29 is 28.7 Å². The van der Waals surface area contributed by atoms with Gasteiger partial charge in [0.05, 0.1) is 65.3 Å². The first-order valence-electron chi connectivity index (χ1n) is 19.8. The molecule has 0 radical (unpaired) electrons. The summed E-state index contributed by atoms with van der Waals surface area (Å²) in [6.07, 6.45) is 5.57. The number of rotatable bonds is 11. The van der Waals surface area contributed by atoms with Crippen LogP contribution in [0.15, 0.2) is 48.8 Å². The van der Waals surface area contributed by atoms with E-state index in [1.165, 1.54) is 14.2 Å². The summed E-state index contributed by atoms with van der Waals surface area (Å²) in [7, 11) is 2.58. The van der Waals surface area contributed by atoms with E-state index in [4.69, 9.17) is 24.4 Å². The zero-order valence-electron chi connectivity index (χ0n) is 33.9. The first-order valence-corrected chi connectivity index (χ1v) is 20.6. The molecule has 0 aliphatic carbocycles. The number of amides is 4. The number of nitrogens with zero attached hydrogens (tertiary/aromatic N) is 5. The number of aromatic amines is 2. The molecule has 15 nitrogen and oxygen atoms in total. The fourth-order valence-corrected chi connectivity index (χ4v) is 9.04. The molecule has 2 aliphatic rings. The predicted molar refractivity (Wildman–Crippen MR) is 221 cm³/mol. The lowest BCUT2D eigenvalue weighted by atomic mass is 9.99. The molecule has 4 amide bonds. The number of ether oxygens (including phenoxy) is 2. The molecule has 2 fully saturated rings. The largest absolute Gasteiger partial charge is 0.453 e. The number of carbonyl (C=O) groups excluding carboxylic acids is 4. The zero-order chi connectivity index (χ0) is 41.2. The normalized spacial score (nSPS) is 17.9. The molecule has 306 valence electrons. The molecule has 4 N–H and O–H groups in total. The minimum atomic E-state index is -0.706. The molecule has 4 atom stereocenters. The standard InChI is InChI=1S/C42H51N9O6S/c1-22(2)33(48-41(54)56-6)39(52)50-18-8-10-31(50)37-43-20-29(46-37)26-14-12-25(13-15-26)27-16-17-28(36-35(27)45-24(5)58-36)30-21-44-38(47-30)32-11-9-19-51(32)40(53)34(23(3)4)49-42(55)57-7/h12-17,20-23,31-34H,8-11,18-19H2,1-7H3,(H,43,46)(H,44,47)(H,48,54)(H,49,55)/t31-,32-,33-,34-/m0/s1. The average molecular weight is 810 g/mol. The van der Waals surface area contributed by atoms with Crippen molar-refractivity contribution in [3.8, 4) is 33.6 Å². The van der Waals surface area contributed by atoms with Gasteiger partial charge in [-0.3, -0.25) is 9.59 Å². The van der Waals surface area contributed by atoms with Gasteiger partial charge < -0.3 is 39.9 Å². The van der Waals surface area contributed by atoms with Crippen molar-refractivity contribution in [3.63, 3.8) is 0 Å². The summed E-state index contributed by atoms with van der Waals surface area (Å²) in [5, 5.41) is 6.35. The number of H-pyrrole nitrogens is 2. The fourth-order valence-electron chi connectivity index (χ4n) is 8.07. The number of likely N-dealkylation sites (tertiary alicyclic amines) is 2. The Morgan fingerprint density at radius 1 is 0.724 bits per heavy atom. The van der Waals surface area contributed by atoms with Crippen LogP contribution < -0.4 is 10.6 Å². The molecule has 0 saturated carbocycles. The van der Waals surface area contributed by atoms with E-state index in [2.05, 4.69) is 57.0 Å². The second-order valence-corrected chi connectivity index (χ2v) is 16.8. The molecular weight excluding hydrogens is 759 g/mol. The minimum Gasteiger partial charge on any atom is -0.453 e. The van der Waals surface area contributed by atoms with E-state index in [-0.39, 0.29) is 35.7 Å². The Kier molecular flexibility index (Phi) is 11.8. The number of benzene rings is 2. The third-order valence-corrected chi connectivity index (χ3v) is 12.1. The van der Waals surface area contributed by atoms with Crippen molar-refractivity contribution in [1.82, 2.24) is 45.4 Å². The average Bonchev–Trinajstić information content (AvgIpc) is 4.06. The first-order chi connectivity index (χ1) is 27.9. The lowest BCUT2D eigenvalue weighted by Crippen LogP contribution is -2.51. The monoisotopic (exact) mass is 809 g/mol. The Morgan fingerprint density at radius 3 is 1.72 bits per heavy atom. The van der Waals surface area contributed by atoms with Crippen molar-refractivity contribution in [2.24, 2.45) is 11.8 Å². The first kappa shape index (κ1) is 40.4. The summed E-state index contributed by atoms with van der Waals surface area (Å²) in [6.45, 7) is 10.8. The van der Waals surface area contributed by atoms with E-state index in [9.17, 15) is 19.2 Å². The van der Waals surface area contributed by atoms with E-state index in [1.807, 2.05) is 45.7 Å². The molecule has 5 aromatic rings. The second-order valence-electron chi connectivity index (χ2n) is 15.6. The van der Waals surface area contributed by atoms with Crippen molar-refractivity contribution in [2.45, 2.75) is 84.5 Å². The van der Waals surface area contributed by atoms with Crippen LogP contribution in [0.1, 0.15) is 82.1 Å². The zero-order valence-corrected chi connectivity index (χ0v) is 34.7. The summed E-state index contributed by atoms with van der Waals surface area (Å²) >= 11 is 1.62. The van der Waals surface area contributed by atoms with Gasteiger partial charge in [0.1, 0.15) is 23.7 Å². The molecule has 5 heterocycles. The molecule has 58 heavy (non-hydrogen) atoms. The van der Waals surface area contributed by atoms with Crippen molar-refractivity contribution in [3.05, 3.63) is 65.4 Å². The molecule has 0 unspecified atom stereocenters. The lowest BCUT2D eigenvalue weighted by molar-refractivity contribution is -0.136. The van der Waals surface area contributed by atoms with Gasteiger partial charge in [0.15, 0.2) is 0 Å². The van der Waals surface area contributed by atoms with E-state index in [0.717, 1.165) is 74.5 Å². The summed E-state index contributed by atoms with van der Waals surface area (Å²) in [5.74, 6) is 0.891. The molecule has 0 bridgehead atoms. The Bertz CT molecular complexity index is 2300. The van der Waals surface area contributed by atoms with Gasteiger partial charge >= 0.3 is 12.2 Å². The van der Waals surface area contributed by atoms with Crippen molar-refractivity contribution in [2.75, 3.05) is 27.3 Å². The fraction of sp³-hybridized carbons (Fsp3) is 0.452. The van der Waals surface area contributed by atoms with Crippen LogP contribution in [0.2, 0.25) is 0 Å². The highest BCUT2D eigenvalue weighted by atomic mass is 32.1. The third-order valence-electron chi connectivity index (χ3n) is 11.1. The number of hydrogen-bond donors (Lipinski definition) is 4. The van der Waals surface area contributed by atoms with Crippen LogP contribution in [0, 0.1) is 18.8 Å². The predicted octanol–water partition coefficient (Wildman–Crippen LogP) is 7.14. The molecule has 0 spiro atoms. The Hall–Kier alpha value is -5.77. The van der Waals surface area contributed by atoms with E-state index in [0.29, 0.717) is 24.7 Å². The summed E-state index contributed by atoms with van der Waals surface area (Å²) in [4.78, 5) is 76.4. The van der Waals surface area contributed by atoms with E-state index < -0.39 is 24.3 Å². The van der Waals surface area contributed by atoms with Crippen LogP contribution in [-0.4, -0.2) is 98.1 Å². The van der Waals surface area contributed by atoms with Gasteiger partial charge in [0, 0.05) is 24.2 Å².